The van der Waals surface area contributed by atoms with Gasteiger partial charge in [0.2, 0.25) is 0 Å². The molecule has 0 aliphatic heterocycles. The first-order valence-electron chi connectivity index (χ1n) is 2.00. The lowest BCUT2D eigenvalue weighted by atomic mass is 10.4. The fraction of sp³-hybridized carbons (Fsp3) is 0.200. The SMILES string of the molecule is CC(C=O)=CN=C=S. The summed E-state index contributed by atoms with van der Waals surface area (Å²) in [4.78, 5) is 13.2. The molecule has 0 aromatic rings. The molecule has 0 aliphatic carbocycles. The molecule has 0 spiro atoms. The number of hydrogen-bond acceptors (Lipinski definition) is 3. The predicted octanol–water partition coefficient (Wildman–Crippen LogP) is 1.19. The summed E-state index contributed by atoms with van der Waals surface area (Å²) in [6.07, 6.45) is 2.07. The largest absolute Gasteiger partial charge is 0.298 e. The maximum Gasteiger partial charge on any atom is 0.147 e. The van der Waals surface area contributed by atoms with Crippen molar-refractivity contribution in [3.8, 4) is 0 Å². The zero-order valence-electron chi connectivity index (χ0n) is 4.42. The highest BCUT2D eigenvalue weighted by Crippen LogP contribution is 1.83. The molecule has 0 unspecified atom stereocenters. The smallest absolute Gasteiger partial charge is 0.147 e. The standard InChI is InChI=1S/C5H5NOS/c1-5(3-7)2-6-4-8/h2-3H,1H3. The summed E-state index contributed by atoms with van der Waals surface area (Å²) in [5, 5.41) is 2.11. The minimum Gasteiger partial charge on any atom is -0.298 e. The second-order valence-corrected chi connectivity index (χ2v) is 1.39. The monoisotopic (exact) mass is 127 g/mol. The van der Waals surface area contributed by atoms with Crippen LogP contribution < -0.4 is 0 Å². The van der Waals surface area contributed by atoms with Crippen LogP contribution in [0.25, 0.3) is 0 Å². The molecule has 0 fully saturated rings. The molecule has 0 saturated heterocycles. The summed E-state index contributed by atoms with van der Waals surface area (Å²) < 4.78 is 0. The van der Waals surface area contributed by atoms with Gasteiger partial charge in [0.05, 0.1) is 5.16 Å². The van der Waals surface area contributed by atoms with Gasteiger partial charge in [-0.1, -0.05) is 0 Å². The Morgan fingerprint density at radius 2 is 2.50 bits per heavy atom. The first kappa shape index (κ1) is 7.21. The molecule has 0 amide bonds. The van der Waals surface area contributed by atoms with Gasteiger partial charge in [-0.25, -0.2) is 4.99 Å². The van der Waals surface area contributed by atoms with Gasteiger partial charge in [-0.15, -0.1) is 0 Å². The van der Waals surface area contributed by atoms with Gasteiger partial charge in [0.1, 0.15) is 6.29 Å². The maximum absolute atomic E-state index is 9.82. The van der Waals surface area contributed by atoms with Crippen LogP contribution in [0.4, 0.5) is 0 Å². The molecular formula is C5H5NOS. The van der Waals surface area contributed by atoms with Crippen LogP contribution in [0.15, 0.2) is 16.8 Å². The van der Waals surface area contributed by atoms with Gasteiger partial charge in [-0.3, -0.25) is 4.79 Å². The third kappa shape index (κ3) is 3.40. The molecule has 3 heteroatoms. The number of aliphatic imine (C=N–C) groups is 1. The number of carbonyl (C=O) groups is 1. The Morgan fingerprint density at radius 3 is 2.88 bits per heavy atom. The van der Waals surface area contributed by atoms with Gasteiger partial charge >= 0.3 is 0 Å². The summed E-state index contributed by atoms with van der Waals surface area (Å²) >= 11 is 4.24. The van der Waals surface area contributed by atoms with E-state index >= 15 is 0 Å². The van der Waals surface area contributed by atoms with Crippen LogP contribution in [0.5, 0.6) is 0 Å². The molecule has 42 valence electrons. The molecule has 0 aromatic heterocycles. The Kier molecular flexibility index (Phi) is 3.94. The lowest BCUT2D eigenvalue weighted by Gasteiger charge is -1.74. The average molecular weight is 127 g/mol. The van der Waals surface area contributed by atoms with Crippen molar-refractivity contribution >= 4 is 23.7 Å². The summed E-state index contributed by atoms with van der Waals surface area (Å²) in [6, 6.07) is 0. The molecule has 0 radical (unpaired) electrons. The van der Waals surface area contributed by atoms with Crippen LogP contribution in [-0.4, -0.2) is 11.4 Å². The number of rotatable bonds is 2. The molecule has 0 aliphatic rings. The van der Waals surface area contributed by atoms with E-state index in [-0.39, 0.29) is 0 Å². The van der Waals surface area contributed by atoms with Crippen LogP contribution in [0.2, 0.25) is 0 Å². The van der Waals surface area contributed by atoms with Crippen molar-refractivity contribution in [2.75, 3.05) is 0 Å². The van der Waals surface area contributed by atoms with Crippen molar-refractivity contribution in [1.82, 2.24) is 0 Å². The fourth-order valence-electron chi connectivity index (χ4n) is 0.159. The molecule has 0 heterocycles. The van der Waals surface area contributed by atoms with E-state index in [2.05, 4.69) is 22.4 Å². The molecule has 0 atom stereocenters. The van der Waals surface area contributed by atoms with Crippen molar-refractivity contribution in [1.29, 1.82) is 0 Å². The van der Waals surface area contributed by atoms with Crippen LogP contribution in [0.1, 0.15) is 6.92 Å². The van der Waals surface area contributed by atoms with Crippen LogP contribution in [0.3, 0.4) is 0 Å². The molecular weight excluding hydrogens is 122 g/mol. The van der Waals surface area contributed by atoms with Crippen molar-refractivity contribution in [2.24, 2.45) is 4.99 Å². The minimum atomic E-state index is 0.544. The number of carbonyl (C=O) groups excluding carboxylic acids is 1. The highest BCUT2D eigenvalue weighted by atomic mass is 32.1. The zero-order chi connectivity index (χ0) is 6.41. The Labute approximate surface area is 52.9 Å². The predicted molar refractivity (Wildman–Crippen MR) is 34.8 cm³/mol. The van der Waals surface area contributed by atoms with Crippen molar-refractivity contribution in [3.63, 3.8) is 0 Å². The van der Waals surface area contributed by atoms with Crippen LogP contribution in [-0.2, 0) is 4.79 Å². The van der Waals surface area contributed by atoms with Gasteiger partial charge in [-0.05, 0) is 19.1 Å². The zero-order valence-corrected chi connectivity index (χ0v) is 5.23. The Morgan fingerprint density at radius 1 is 1.88 bits per heavy atom. The summed E-state index contributed by atoms with van der Waals surface area (Å²) in [5.74, 6) is 0. The first-order valence-corrected chi connectivity index (χ1v) is 2.41. The van der Waals surface area contributed by atoms with Crippen molar-refractivity contribution < 1.29 is 4.79 Å². The second kappa shape index (κ2) is 4.37. The van der Waals surface area contributed by atoms with Gasteiger partial charge in [0.15, 0.2) is 0 Å². The summed E-state index contributed by atoms with van der Waals surface area (Å²) in [6.45, 7) is 1.64. The Hall–Kier alpha value is -0.790. The number of aldehydes is 1. The molecule has 0 rings (SSSR count). The van der Waals surface area contributed by atoms with Gasteiger partial charge < -0.3 is 0 Å². The molecule has 8 heavy (non-hydrogen) atoms. The number of thiocarbonyl (C=S) groups is 1. The van der Waals surface area contributed by atoms with E-state index in [9.17, 15) is 4.79 Å². The van der Waals surface area contributed by atoms with Crippen LogP contribution in [0, 0.1) is 0 Å². The van der Waals surface area contributed by atoms with E-state index < -0.39 is 0 Å². The first-order chi connectivity index (χ1) is 3.81. The van der Waals surface area contributed by atoms with E-state index in [1.807, 2.05) is 0 Å². The number of hydrogen-bond donors (Lipinski definition) is 0. The van der Waals surface area contributed by atoms with Gasteiger partial charge in [0.25, 0.3) is 0 Å². The number of allylic oxidation sites excluding steroid dienone is 1. The van der Waals surface area contributed by atoms with E-state index in [1.165, 1.54) is 6.20 Å². The third-order valence-electron chi connectivity index (χ3n) is 0.507. The summed E-state index contributed by atoms with van der Waals surface area (Å²) in [7, 11) is 0. The molecule has 0 saturated carbocycles. The topological polar surface area (TPSA) is 29.4 Å². The van der Waals surface area contributed by atoms with Crippen molar-refractivity contribution in [3.05, 3.63) is 11.8 Å². The fourth-order valence-corrected chi connectivity index (χ4v) is 0.211. The van der Waals surface area contributed by atoms with Crippen LogP contribution >= 0.6 is 12.2 Å². The quantitative estimate of drug-likeness (QED) is 0.241. The number of nitrogens with zero attached hydrogens (tertiary/aromatic N) is 1. The second-order valence-electron chi connectivity index (χ2n) is 1.21. The van der Waals surface area contributed by atoms with Crippen molar-refractivity contribution in [2.45, 2.75) is 6.92 Å². The normalized spacial score (nSPS) is 9.88. The third-order valence-corrected chi connectivity index (χ3v) is 0.612. The van der Waals surface area contributed by atoms with E-state index in [1.54, 1.807) is 6.92 Å². The van der Waals surface area contributed by atoms with E-state index in [0.29, 0.717) is 11.9 Å². The maximum atomic E-state index is 9.82. The molecule has 2 nitrogen and oxygen atoms in total. The minimum absolute atomic E-state index is 0.544. The highest BCUT2D eigenvalue weighted by Gasteiger charge is 1.76. The molecule has 0 bridgehead atoms. The molecule has 0 N–H and O–H groups in total. The Bertz CT molecular complexity index is 156. The van der Waals surface area contributed by atoms with E-state index in [4.69, 9.17) is 0 Å². The summed E-state index contributed by atoms with van der Waals surface area (Å²) in [5.41, 5.74) is 0.544. The molecule has 0 aromatic carbocycles. The Balaban J connectivity index is 3.93. The van der Waals surface area contributed by atoms with Gasteiger partial charge in [-0.2, -0.15) is 0 Å². The van der Waals surface area contributed by atoms with E-state index in [0.717, 1.165) is 0 Å². The average Bonchev–Trinajstić information content (AvgIpc) is 1.83. The highest BCUT2D eigenvalue weighted by molar-refractivity contribution is 7.78. The number of isothiocyanates is 1. The lowest BCUT2D eigenvalue weighted by molar-refractivity contribution is -0.104. The van der Waals surface area contributed by atoms with Gasteiger partial charge in [0, 0.05) is 11.8 Å². The lowest BCUT2D eigenvalue weighted by Crippen LogP contribution is -1.71.